The van der Waals surface area contributed by atoms with E-state index in [9.17, 15) is 0 Å². The number of hydrogen-bond acceptors (Lipinski definition) is 5. The fraction of sp³-hybridized carbons (Fsp3) is 0.500. The van der Waals surface area contributed by atoms with Crippen molar-refractivity contribution < 1.29 is 4.52 Å². The van der Waals surface area contributed by atoms with Crippen LogP contribution >= 0.6 is 0 Å². The van der Waals surface area contributed by atoms with Gasteiger partial charge in [-0.2, -0.15) is 4.98 Å². The van der Waals surface area contributed by atoms with E-state index in [0.29, 0.717) is 18.3 Å². The van der Waals surface area contributed by atoms with Crippen LogP contribution in [0, 0.1) is 0 Å². The Bertz CT molecular complexity index is 524. The van der Waals surface area contributed by atoms with Crippen molar-refractivity contribution in [2.24, 2.45) is 5.73 Å². The number of nitrogens with zero attached hydrogens (tertiary/aromatic N) is 3. The first kappa shape index (κ1) is 13.7. The summed E-state index contributed by atoms with van der Waals surface area (Å²) in [5, 5.41) is 4.04. The average Bonchev–Trinajstić information content (AvgIpc) is 2.94. The summed E-state index contributed by atoms with van der Waals surface area (Å²) in [4.78, 5) is 8.81. The van der Waals surface area contributed by atoms with Crippen LogP contribution in [0.5, 0.6) is 0 Å². The van der Waals surface area contributed by atoms with Gasteiger partial charge in [0.1, 0.15) is 5.69 Å². The maximum atomic E-state index is 5.51. The minimum Gasteiger partial charge on any atom is -0.339 e. The Kier molecular flexibility index (Phi) is 4.63. The Morgan fingerprint density at radius 3 is 3.00 bits per heavy atom. The van der Waals surface area contributed by atoms with Gasteiger partial charge < -0.3 is 10.3 Å². The Balaban J connectivity index is 2.20. The predicted molar refractivity (Wildman–Crippen MR) is 73.6 cm³/mol. The largest absolute Gasteiger partial charge is 0.339 e. The van der Waals surface area contributed by atoms with E-state index >= 15 is 0 Å². The lowest BCUT2D eigenvalue weighted by atomic mass is 10.1. The molecule has 5 nitrogen and oxygen atoms in total. The lowest BCUT2D eigenvalue weighted by Gasteiger charge is -2.03. The number of aromatic nitrogens is 3. The van der Waals surface area contributed by atoms with Crippen molar-refractivity contribution in [3.05, 3.63) is 29.8 Å². The van der Waals surface area contributed by atoms with Gasteiger partial charge in [0.2, 0.25) is 11.7 Å². The standard InChI is InChI=1S/C14H20N4O/c1-3-11-7-5-9-16-12(11)13-17-14(19-18-13)10(2)6-4-8-15/h5,7,9-10H,3-4,6,8,15H2,1-2H3. The van der Waals surface area contributed by atoms with Crippen molar-refractivity contribution in [3.63, 3.8) is 0 Å². The smallest absolute Gasteiger partial charge is 0.229 e. The second kappa shape index (κ2) is 6.43. The molecule has 0 aromatic carbocycles. The minimum atomic E-state index is 0.235. The highest BCUT2D eigenvalue weighted by molar-refractivity contribution is 5.53. The van der Waals surface area contributed by atoms with E-state index in [4.69, 9.17) is 10.3 Å². The molecule has 19 heavy (non-hydrogen) atoms. The molecule has 1 atom stereocenters. The molecule has 2 rings (SSSR count). The molecule has 2 aromatic rings. The van der Waals surface area contributed by atoms with Crippen molar-refractivity contribution in [1.29, 1.82) is 0 Å². The van der Waals surface area contributed by atoms with E-state index in [1.165, 1.54) is 0 Å². The van der Waals surface area contributed by atoms with Gasteiger partial charge in [-0.1, -0.05) is 25.1 Å². The van der Waals surface area contributed by atoms with Gasteiger partial charge in [0.25, 0.3) is 0 Å². The Labute approximate surface area is 113 Å². The van der Waals surface area contributed by atoms with Crippen LogP contribution in [0.2, 0.25) is 0 Å². The lowest BCUT2D eigenvalue weighted by molar-refractivity contribution is 0.352. The molecule has 5 heteroatoms. The molecule has 102 valence electrons. The summed E-state index contributed by atoms with van der Waals surface area (Å²) < 4.78 is 5.34. The quantitative estimate of drug-likeness (QED) is 0.863. The lowest BCUT2D eigenvalue weighted by Crippen LogP contribution is -2.02. The normalized spacial score (nSPS) is 12.6. The van der Waals surface area contributed by atoms with Gasteiger partial charge in [-0.3, -0.25) is 4.98 Å². The molecular weight excluding hydrogens is 240 g/mol. The van der Waals surface area contributed by atoms with Gasteiger partial charge in [-0.15, -0.1) is 0 Å². The SMILES string of the molecule is CCc1cccnc1-c1noc(C(C)CCCN)n1. The first-order valence-electron chi connectivity index (χ1n) is 6.74. The van der Waals surface area contributed by atoms with E-state index in [0.717, 1.165) is 30.5 Å². The van der Waals surface area contributed by atoms with Crippen LogP contribution in [0.15, 0.2) is 22.9 Å². The molecule has 0 radical (unpaired) electrons. The first-order chi connectivity index (χ1) is 9.26. The second-order valence-electron chi connectivity index (χ2n) is 4.65. The average molecular weight is 260 g/mol. The summed E-state index contributed by atoms with van der Waals surface area (Å²) in [6.45, 7) is 4.85. The summed E-state index contributed by atoms with van der Waals surface area (Å²) in [5.74, 6) is 1.47. The van der Waals surface area contributed by atoms with Crippen LogP contribution < -0.4 is 5.73 Å². The maximum absolute atomic E-state index is 5.51. The summed E-state index contributed by atoms with van der Waals surface area (Å²) >= 11 is 0. The zero-order chi connectivity index (χ0) is 13.7. The highest BCUT2D eigenvalue weighted by atomic mass is 16.5. The Morgan fingerprint density at radius 2 is 2.26 bits per heavy atom. The van der Waals surface area contributed by atoms with Gasteiger partial charge in [0.05, 0.1) is 0 Å². The molecule has 2 N–H and O–H groups in total. The fourth-order valence-electron chi connectivity index (χ4n) is 2.00. The molecular formula is C14H20N4O. The van der Waals surface area contributed by atoms with Crippen LogP contribution in [-0.2, 0) is 6.42 Å². The number of nitrogens with two attached hydrogens (primary N) is 1. The summed E-state index contributed by atoms with van der Waals surface area (Å²) in [7, 11) is 0. The predicted octanol–water partition coefficient (Wildman–Crippen LogP) is 2.54. The molecule has 0 aliphatic carbocycles. The fourth-order valence-corrected chi connectivity index (χ4v) is 2.00. The van der Waals surface area contributed by atoms with Crippen molar-refractivity contribution in [3.8, 4) is 11.5 Å². The third-order valence-corrected chi connectivity index (χ3v) is 3.19. The summed E-state index contributed by atoms with van der Waals surface area (Å²) in [6, 6.07) is 3.96. The molecule has 0 amide bonds. The highest BCUT2D eigenvalue weighted by Gasteiger charge is 2.17. The van der Waals surface area contributed by atoms with Gasteiger partial charge in [0, 0.05) is 12.1 Å². The van der Waals surface area contributed by atoms with Crippen LogP contribution in [-0.4, -0.2) is 21.7 Å². The molecule has 2 aromatic heterocycles. The topological polar surface area (TPSA) is 77.8 Å². The van der Waals surface area contributed by atoms with Gasteiger partial charge in [-0.05, 0) is 37.4 Å². The third kappa shape index (κ3) is 3.17. The molecule has 2 heterocycles. The van der Waals surface area contributed by atoms with Gasteiger partial charge in [-0.25, -0.2) is 0 Å². The number of pyridine rings is 1. The zero-order valence-corrected chi connectivity index (χ0v) is 11.5. The molecule has 1 unspecified atom stereocenters. The highest BCUT2D eigenvalue weighted by Crippen LogP contribution is 2.23. The summed E-state index contributed by atoms with van der Waals surface area (Å²) in [6.07, 6.45) is 4.57. The number of rotatable bonds is 6. The van der Waals surface area contributed by atoms with E-state index in [-0.39, 0.29) is 5.92 Å². The van der Waals surface area contributed by atoms with Crippen molar-refractivity contribution in [1.82, 2.24) is 15.1 Å². The van der Waals surface area contributed by atoms with Gasteiger partial charge in [0.15, 0.2) is 0 Å². The summed E-state index contributed by atoms with van der Waals surface area (Å²) in [5.41, 5.74) is 7.45. The molecule has 0 bridgehead atoms. The number of aryl methyl sites for hydroxylation is 1. The zero-order valence-electron chi connectivity index (χ0n) is 11.5. The molecule has 0 fully saturated rings. The van der Waals surface area contributed by atoms with E-state index in [1.54, 1.807) is 6.20 Å². The molecule has 0 spiro atoms. The Hall–Kier alpha value is -1.75. The molecule has 0 aliphatic heterocycles. The van der Waals surface area contributed by atoms with Crippen LogP contribution in [0.4, 0.5) is 0 Å². The maximum Gasteiger partial charge on any atom is 0.229 e. The number of hydrogen-bond donors (Lipinski definition) is 1. The molecule has 0 aliphatic rings. The second-order valence-corrected chi connectivity index (χ2v) is 4.65. The Morgan fingerprint density at radius 1 is 1.42 bits per heavy atom. The van der Waals surface area contributed by atoms with E-state index in [1.807, 2.05) is 12.1 Å². The van der Waals surface area contributed by atoms with Crippen LogP contribution in [0.3, 0.4) is 0 Å². The van der Waals surface area contributed by atoms with Crippen LogP contribution in [0.25, 0.3) is 11.5 Å². The first-order valence-corrected chi connectivity index (χ1v) is 6.74. The van der Waals surface area contributed by atoms with E-state index < -0.39 is 0 Å². The monoisotopic (exact) mass is 260 g/mol. The molecule has 0 saturated heterocycles. The van der Waals surface area contributed by atoms with E-state index in [2.05, 4.69) is 29.0 Å². The van der Waals surface area contributed by atoms with Crippen molar-refractivity contribution in [2.45, 2.75) is 39.0 Å². The minimum absolute atomic E-state index is 0.235. The van der Waals surface area contributed by atoms with Crippen LogP contribution in [0.1, 0.15) is 44.1 Å². The third-order valence-electron chi connectivity index (χ3n) is 3.19. The van der Waals surface area contributed by atoms with Crippen molar-refractivity contribution >= 4 is 0 Å². The van der Waals surface area contributed by atoms with Gasteiger partial charge >= 0.3 is 0 Å². The molecule has 0 saturated carbocycles. The van der Waals surface area contributed by atoms with Crippen molar-refractivity contribution in [2.75, 3.05) is 6.54 Å².